The molecule has 3 rings (SSSR count). The van der Waals surface area contributed by atoms with Gasteiger partial charge in [-0.1, -0.05) is 6.92 Å². The van der Waals surface area contributed by atoms with Gasteiger partial charge < -0.3 is 25.0 Å². The molecule has 2 heterocycles. The SMILES string of the molecule is CCOC(=O)c1c(NC(=O)CCN2CCOCC2)sc2c1CCC(C)C2.O=C(O)C(=O)O. The zero-order valence-corrected chi connectivity index (χ0v) is 19.2. The molecular weight excluding hydrogens is 440 g/mol. The Morgan fingerprint density at radius 1 is 1.19 bits per heavy atom. The number of hydrogen-bond donors (Lipinski definition) is 3. The first-order valence-corrected chi connectivity index (χ1v) is 11.4. The van der Waals surface area contributed by atoms with Gasteiger partial charge in [-0.2, -0.15) is 0 Å². The molecule has 0 saturated carbocycles. The van der Waals surface area contributed by atoms with E-state index in [9.17, 15) is 9.59 Å². The van der Waals surface area contributed by atoms with Gasteiger partial charge in [0.1, 0.15) is 5.00 Å². The maximum absolute atomic E-state index is 12.5. The van der Waals surface area contributed by atoms with E-state index in [4.69, 9.17) is 29.3 Å². The Morgan fingerprint density at radius 3 is 2.44 bits per heavy atom. The van der Waals surface area contributed by atoms with Crippen LogP contribution in [0.15, 0.2) is 0 Å². The molecule has 1 aliphatic heterocycles. The minimum atomic E-state index is -1.82. The predicted octanol–water partition coefficient (Wildman–Crippen LogP) is 1.87. The van der Waals surface area contributed by atoms with E-state index in [1.165, 1.54) is 4.88 Å². The minimum Gasteiger partial charge on any atom is -0.473 e. The van der Waals surface area contributed by atoms with Gasteiger partial charge in [0.15, 0.2) is 0 Å². The van der Waals surface area contributed by atoms with Crippen LogP contribution in [0.25, 0.3) is 0 Å². The summed E-state index contributed by atoms with van der Waals surface area (Å²) in [4.78, 5) is 46.6. The van der Waals surface area contributed by atoms with E-state index in [0.717, 1.165) is 51.1 Å². The summed E-state index contributed by atoms with van der Waals surface area (Å²) in [6.07, 6.45) is 3.34. The van der Waals surface area contributed by atoms with Gasteiger partial charge in [0.25, 0.3) is 0 Å². The van der Waals surface area contributed by atoms with Crippen LogP contribution in [0, 0.1) is 5.92 Å². The summed E-state index contributed by atoms with van der Waals surface area (Å²) in [6, 6.07) is 0. The molecule has 1 aliphatic carbocycles. The standard InChI is InChI=1S/C19H28N2O4S.C2H2O4/c1-3-25-19(23)17-14-5-4-13(2)12-15(14)26-18(17)20-16(22)6-7-21-8-10-24-11-9-21;3-1(4)2(5)6/h13H,3-12H2,1-2H3,(H,20,22);(H,3,4)(H,5,6). The van der Waals surface area contributed by atoms with Crippen molar-refractivity contribution in [2.24, 2.45) is 5.92 Å². The number of morpholine rings is 1. The number of carbonyl (C=O) groups is 4. The lowest BCUT2D eigenvalue weighted by molar-refractivity contribution is -0.159. The normalized spacial score (nSPS) is 18.0. The molecule has 1 saturated heterocycles. The Hall–Kier alpha value is -2.50. The van der Waals surface area contributed by atoms with Crippen LogP contribution in [0.3, 0.4) is 0 Å². The Labute approximate surface area is 190 Å². The van der Waals surface area contributed by atoms with Crippen LogP contribution in [0.1, 0.15) is 47.5 Å². The number of ether oxygens (including phenoxy) is 2. The fraction of sp³-hybridized carbons (Fsp3) is 0.619. The van der Waals surface area contributed by atoms with Crippen molar-refractivity contribution >= 4 is 40.2 Å². The maximum Gasteiger partial charge on any atom is 0.414 e. The Bertz CT molecular complexity index is 820. The first-order valence-electron chi connectivity index (χ1n) is 10.6. The number of carbonyl (C=O) groups excluding carboxylic acids is 2. The van der Waals surface area contributed by atoms with Crippen molar-refractivity contribution in [3.05, 3.63) is 16.0 Å². The van der Waals surface area contributed by atoms with Crippen LogP contribution in [-0.4, -0.2) is 78.4 Å². The summed E-state index contributed by atoms with van der Waals surface area (Å²) in [5, 5.41) is 18.4. The summed E-state index contributed by atoms with van der Waals surface area (Å²) in [7, 11) is 0. The summed E-state index contributed by atoms with van der Waals surface area (Å²) in [5.74, 6) is -3.40. The molecule has 0 aromatic carbocycles. The highest BCUT2D eigenvalue weighted by atomic mass is 32.1. The second kappa shape index (κ2) is 12.5. The summed E-state index contributed by atoms with van der Waals surface area (Å²) in [5.41, 5.74) is 1.66. The third kappa shape index (κ3) is 7.57. The second-order valence-corrected chi connectivity index (χ2v) is 8.74. The molecule has 2 aliphatic rings. The lowest BCUT2D eigenvalue weighted by Gasteiger charge is -2.26. The van der Waals surface area contributed by atoms with Gasteiger partial charge in [-0.3, -0.25) is 9.69 Å². The summed E-state index contributed by atoms with van der Waals surface area (Å²) in [6.45, 7) is 8.27. The van der Waals surface area contributed by atoms with Gasteiger partial charge in [-0.25, -0.2) is 14.4 Å². The maximum atomic E-state index is 12.5. The van der Waals surface area contributed by atoms with Crippen LogP contribution in [0.4, 0.5) is 5.00 Å². The van der Waals surface area contributed by atoms with E-state index >= 15 is 0 Å². The zero-order chi connectivity index (χ0) is 23.7. The van der Waals surface area contributed by atoms with E-state index in [1.54, 1.807) is 18.3 Å². The molecule has 1 fully saturated rings. The summed E-state index contributed by atoms with van der Waals surface area (Å²) >= 11 is 1.54. The number of esters is 1. The minimum absolute atomic E-state index is 0.0475. The number of thiophene rings is 1. The molecule has 1 amide bonds. The molecule has 1 aromatic heterocycles. The Kier molecular flexibility index (Phi) is 10.1. The van der Waals surface area contributed by atoms with Gasteiger partial charge in [-0.05, 0) is 37.7 Å². The zero-order valence-electron chi connectivity index (χ0n) is 18.3. The van der Waals surface area contributed by atoms with Gasteiger partial charge >= 0.3 is 17.9 Å². The molecule has 0 bridgehead atoms. The van der Waals surface area contributed by atoms with E-state index in [1.807, 2.05) is 0 Å². The monoisotopic (exact) mass is 470 g/mol. The van der Waals surface area contributed by atoms with Crippen molar-refractivity contribution in [3.8, 4) is 0 Å². The molecule has 1 unspecified atom stereocenters. The number of hydrogen-bond acceptors (Lipinski definition) is 8. The molecule has 1 aromatic rings. The molecule has 11 heteroatoms. The van der Waals surface area contributed by atoms with Crippen molar-refractivity contribution in [1.29, 1.82) is 0 Å². The number of nitrogens with one attached hydrogen (secondary N) is 1. The number of amides is 1. The molecule has 178 valence electrons. The van der Waals surface area contributed by atoms with Crippen molar-refractivity contribution in [3.63, 3.8) is 0 Å². The first-order chi connectivity index (χ1) is 15.2. The van der Waals surface area contributed by atoms with Crippen molar-refractivity contribution in [2.75, 3.05) is 44.8 Å². The molecule has 1 atom stereocenters. The van der Waals surface area contributed by atoms with Crippen molar-refractivity contribution < 1.29 is 38.9 Å². The second-order valence-electron chi connectivity index (χ2n) is 7.64. The van der Waals surface area contributed by atoms with E-state index in [0.29, 0.717) is 36.1 Å². The number of aliphatic carboxylic acids is 2. The third-order valence-corrected chi connectivity index (χ3v) is 6.36. The molecule has 0 spiro atoms. The number of rotatable bonds is 6. The molecule has 0 radical (unpaired) electrons. The number of carboxylic acid groups (broad SMARTS) is 2. The van der Waals surface area contributed by atoms with Crippen molar-refractivity contribution in [2.45, 2.75) is 39.5 Å². The van der Waals surface area contributed by atoms with E-state index < -0.39 is 11.9 Å². The largest absolute Gasteiger partial charge is 0.473 e. The molecule has 32 heavy (non-hydrogen) atoms. The average molecular weight is 471 g/mol. The topological polar surface area (TPSA) is 142 Å². The number of nitrogens with zero attached hydrogens (tertiary/aromatic N) is 1. The predicted molar refractivity (Wildman–Crippen MR) is 117 cm³/mol. The molecule has 10 nitrogen and oxygen atoms in total. The van der Waals surface area contributed by atoms with Gasteiger partial charge in [0.05, 0.1) is 25.4 Å². The van der Waals surface area contributed by atoms with Crippen molar-refractivity contribution in [1.82, 2.24) is 4.90 Å². The fourth-order valence-electron chi connectivity index (χ4n) is 3.53. The lowest BCUT2D eigenvalue weighted by Crippen LogP contribution is -2.38. The number of fused-ring (bicyclic) bond motifs is 1. The highest BCUT2D eigenvalue weighted by Crippen LogP contribution is 2.40. The number of carboxylic acids is 2. The number of anilines is 1. The van der Waals surface area contributed by atoms with Gasteiger partial charge in [0, 0.05) is 30.9 Å². The van der Waals surface area contributed by atoms with Crippen LogP contribution in [0.2, 0.25) is 0 Å². The quantitative estimate of drug-likeness (QED) is 0.419. The van der Waals surface area contributed by atoms with Crippen LogP contribution in [0.5, 0.6) is 0 Å². The van der Waals surface area contributed by atoms with E-state index in [2.05, 4.69) is 17.1 Å². The average Bonchev–Trinajstić information content (AvgIpc) is 3.10. The summed E-state index contributed by atoms with van der Waals surface area (Å²) < 4.78 is 10.6. The first kappa shape index (κ1) is 25.8. The smallest absolute Gasteiger partial charge is 0.414 e. The van der Waals surface area contributed by atoms with Gasteiger partial charge in [0.2, 0.25) is 5.91 Å². The van der Waals surface area contributed by atoms with Gasteiger partial charge in [-0.15, -0.1) is 11.3 Å². The lowest BCUT2D eigenvalue weighted by atomic mass is 9.88. The molecular formula is C21H30N2O8S. The highest BCUT2D eigenvalue weighted by molar-refractivity contribution is 7.17. The van der Waals surface area contributed by atoms with Crippen LogP contribution < -0.4 is 5.32 Å². The Morgan fingerprint density at radius 2 is 1.84 bits per heavy atom. The Balaban J connectivity index is 0.000000534. The van der Waals surface area contributed by atoms with E-state index in [-0.39, 0.29) is 11.9 Å². The van der Waals surface area contributed by atoms with Crippen LogP contribution in [-0.2, 0) is 36.7 Å². The van der Waals surface area contributed by atoms with Crippen LogP contribution >= 0.6 is 11.3 Å². The third-order valence-electron chi connectivity index (χ3n) is 5.19. The fourth-order valence-corrected chi connectivity index (χ4v) is 4.95. The highest BCUT2D eigenvalue weighted by Gasteiger charge is 2.29. The molecule has 3 N–H and O–H groups in total.